The lowest BCUT2D eigenvalue weighted by molar-refractivity contribution is 0.255. The largest absolute Gasteiger partial charge is 0.363 e. The lowest BCUT2D eigenvalue weighted by Gasteiger charge is -2.26. The van der Waals surface area contributed by atoms with E-state index in [1.54, 1.807) is 29.2 Å². The molecule has 0 spiro atoms. The fourth-order valence-corrected chi connectivity index (χ4v) is 5.40. The second-order valence-corrected chi connectivity index (χ2v) is 10.6. The molecule has 0 aromatic heterocycles. The zero-order valence-corrected chi connectivity index (χ0v) is 23.9. The second kappa shape index (κ2) is 13.6. The van der Waals surface area contributed by atoms with E-state index in [0.717, 1.165) is 42.9 Å². The Kier molecular flexibility index (Phi) is 10.0. The van der Waals surface area contributed by atoms with Crippen molar-refractivity contribution in [3.8, 4) is 17.2 Å². The zero-order valence-electron chi connectivity index (χ0n) is 21.6. The number of amides is 2. The fraction of sp³-hybridized carbons (Fsp3) is 0.276. The molecule has 0 unspecified atom stereocenters. The number of anilines is 2. The number of rotatable bonds is 8. The van der Waals surface area contributed by atoms with Crippen molar-refractivity contribution >= 4 is 57.9 Å². The molecule has 2 amide bonds. The fourth-order valence-electron chi connectivity index (χ4n) is 4.56. The van der Waals surface area contributed by atoms with Gasteiger partial charge in [0.1, 0.15) is 0 Å². The first-order chi connectivity index (χ1) is 18.8. The highest BCUT2D eigenvalue weighted by molar-refractivity contribution is 7.80. The van der Waals surface area contributed by atoms with Crippen LogP contribution in [0.3, 0.4) is 0 Å². The molecule has 1 saturated heterocycles. The summed E-state index contributed by atoms with van der Waals surface area (Å²) in [6.45, 7) is 5.74. The summed E-state index contributed by atoms with van der Waals surface area (Å²) in [5.41, 5.74) is 3.78. The van der Waals surface area contributed by atoms with Gasteiger partial charge in [0.15, 0.2) is 5.11 Å². The van der Waals surface area contributed by atoms with Crippen LogP contribution >= 0.6 is 35.4 Å². The molecule has 1 aliphatic heterocycles. The Bertz CT molecular complexity index is 1340. The molecule has 1 atom stereocenters. The van der Waals surface area contributed by atoms with Gasteiger partial charge in [-0.25, -0.2) is 4.79 Å². The quantitative estimate of drug-likeness (QED) is 0.278. The van der Waals surface area contributed by atoms with Crippen LogP contribution in [0, 0.1) is 11.3 Å². The molecule has 1 fully saturated rings. The van der Waals surface area contributed by atoms with E-state index in [0.29, 0.717) is 39.5 Å². The molecular formula is C29H30Cl2N6OS. The van der Waals surface area contributed by atoms with Crippen LogP contribution in [0.15, 0.2) is 66.7 Å². The molecule has 4 rings (SSSR count). The van der Waals surface area contributed by atoms with Gasteiger partial charge in [0.2, 0.25) is 0 Å². The number of thiocarbonyl (C=S) groups is 1. The Hall–Kier alpha value is -3.35. The number of carbonyl (C=O) groups is 1. The maximum Gasteiger partial charge on any atom is 0.326 e. The van der Waals surface area contributed by atoms with Crippen molar-refractivity contribution in [1.82, 2.24) is 15.5 Å². The zero-order chi connectivity index (χ0) is 27.8. The van der Waals surface area contributed by atoms with Crippen LogP contribution in [-0.2, 0) is 0 Å². The molecule has 0 bridgehead atoms. The average Bonchev–Trinajstić information content (AvgIpc) is 3.35. The molecule has 0 aliphatic carbocycles. The van der Waals surface area contributed by atoms with Crippen molar-refractivity contribution in [1.29, 1.82) is 5.26 Å². The summed E-state index contributed by atoms with van der Waals surface area (Å²) in [5, 5.41) is 20.2. The van der Waals surface area contributed by atoms with Gasteiger partial charge in [-0.1, -0.05) is 47.5 Å². The maximum atomic E-state index is 13.5. The number of benzene rings is 3. The minimum atomic E-state index is -0.283. The monoisotopic (exact) mass is 580 g/mol. The number of hydrogen-bond donors (Lipinski definition) is 3. The maximum absolute atomic E-state index is 13.5. The molecule has 10 heteroatoms. The molecule has 3 aromatic carbocycles. The molecule has 7 nitrogen and oxygen atoms in total. The first kappa shape index (κ1) is 28.7. The van der Waals surface area contributed by atoms with Gasteiger partial charge >= 0.3 is 6.03 Å². The van der Waals surface area contributed by atoms with E-state index >= 15 is 0 Å². The van der Waals surface area contributed by atoms with Gasteiger partial charge in [0.25, 0.3) is 0 Å². The van der Waals surface area contributed by atoms with Crippen molar-refractivity contribution in [3.05, 3.63) is 82.3 Å². The van der Waals surface area contributed by atoms with Crippen molar-refractivity contribution in [3.63, 3.8) is 0 Å². The molecule has 3 N–H and O–H groups in total. The number of hydrogen-bond acceptors (Lipinski definition) is 4. The highest BCUT2D eigenvalue weighted by atomic mass is 35.5. The standard InChI is InChI=1S/C29H30Cl2N6OS/c1-2-33-28(39)34-25-10-11-36(19-25)12-13-37(29(38)35-26-16-23(30)15-24(31)17-26)27-8-6-21(7-9-27)22-5-3-4-20(14-22)18-32/h3-9,14-17,25H,2,10-13,19H2,1H3,(H,35,38)(H2,33,34,39)/t25-/m1/s1. The third-order valence-electron chi connectivity index (χ3n) is 6.45. The topological polar surface area (TPSA) is 83.4 Å². The van der Waals surface area contributed by atoms with E-state index < -0.39 is 0 Å². The Labute approximate surface area is 244 Å². The lowest BCUT2D eigenvalue weighted by Crippen LogP contribution is -2.44. The third-order valence-corrected chi connectivity index (χ3v) is 7.15. The minimum absolute atomic E-state index is 0.274. The number of carbonyl (C=O) groups excluding carboxylic acids is 1. The summed E-state index contributed by atoms with van der Waals surface area (Å²) >= 11 is 17.6. The first-order valence-corrected chi connectivity index (χ1v) is 13.9. The molecule has 202 valence electrons. The van der Waals surface area contributed by atoms with Crippen LogP contribution in [0.25, 0.3) is 11.1 Å². The number of nitrogens with one attached hydrogen (secondary N) is 3. The Balaban J connectivity index is 1.49. The van der Waals surface area contributed by atoms with E-state index in [4.69, 9.17) is 35.4 Å². The van der Waals surface area contributed by atoms with Crippen molar-refractivity contribution in [2.24, 2.45) is 0 Å². The molecule has 1 aliphatic rings. The number of halogens is 2. The number of likely N-dealkylation sites (tertiary alicyclic amines) is 1. The average molecular weight is 582 g/mol. The van der Waals surface area contributed by atoms with E-state index in [-0.39, 0.29) is 12.1 Å². The second-order valence-electron chi connectivity index (χ2n) is 9.27. The smallest absolute Gasteiger partial charge is 0.326 e. The van der Waals surface area contributed by atoms with E-state index in [9.17, 15) is 10.1 Å². The van der Waals surface area contributed by atoms with Crippen LogP contribution < -0.4 is 20.9 Å². The Morgan fingerprint density at radius 3 is 2.54 bits per heavy atom. The van der Waals surface area contributed by atoms with Gasteiger partial charge in [0, 0.05) is 60.2 Å². The molecule has 3 aromatic rings. The van der Waals surface area contributed by atoms with Crippen LogP contribution in [0.5, 0.6) is 0 Å². The van der Waals surface area contributed by atoms with Gasteiger partial charge in [-0.05, 0) is 79.2 Å². The summed E-state index contributed by atoms with van der Waals surface area (Å²) in [7, 11) is 0. The van der Waals surface area contributed by atoms with Crippen LogP contribution in [0.4, 0.5) is 16.2 Å². The van der Waals surface area contributed by atoms with Gasteiger partial charge < -0.3 is 16.0 Å². The summed E-state index contributed by atoms with van der Waals surface area (Å²) in [4.78, 5) is 17.5. The van der Waals surface area contributed by atoms with E-state index in [1.165, 1.54) is 0 Å². The van der Waals surface area contributed by atoms with Gasteiger partial charge in [0.05, 0.1) is 11.6 Å². The highest BCUT2D eigenvalue weighted by Gasteiger charge is 2.25. The molecule has 0 saturated carbocycles. The van der Waals surface area contributed by atoms with Gasteiger partial charge in [-0.15, -0.1) is 0 Å². The normalized spacial score (nSPS) is 14.9. The van der Waals surface area contributed by atoms with Crippen molar-refractivity contribution in [2.75, 3.05) is 42.9 Å². The van der Waals surface area contributed by atoms with Crippen LogP contribution in [-0.4, -0.2) is 54.8 Å². The van der Waals surface area contributed by atoms with E-state index in [1.807, 2.05) is 49.4 Å². The Morgan fingerprint density at radius 1 is 1.10 bits per heavy atom. The number of urea groups is 1. The minimum Gasteiger partial charge on any atom is -0.363 e. The van der Waals surface area contributed by atoms with Crippen LogP contribution in [0.2, 0.25) is 10.0 Å². The predicted octanol–water partition coefficient (Wildman–Crippen LogP) is 6.13. The summed E-state index contributed by atoms with van der Waals surface area (Å²) in [6, 6.07) is 22.3. The molecule has 39 heavy (non-hydrogen) atoms. The SMILES string of the molecule is CCNC(=S)N[C@@H]1CCN(CCN(C(=O)Nc2cc(Cl)cc(Cl)c2)c2ccc(-c3cccc(C#N)c3)cc2)C1. The predicted molar refractivity (Wildman–Crippen MR) is 164 cm³/mol. The first-order valence-electron chi connectivity index (χ1n) is 12.8. The summed E-state index contributed by atoms with van der Waals surface area (Å²) in [6.07, 6.45) is 0.981. The third kappa shape index (κ3) is 8.07. The van der Waals surface area contributed by atoms with E-state index in [2.05, 4.69) is 26.9 Å². The number of nitrogens with zero attached hydrogens (tertiary/aromatic N) is 3. The summed E-state index contributed by atoms with van der Waals surface area (Å²) < 4.78 is 0. The van der Waals surface area contributed by atoms with Crippen molar-refractivity contribution < 1.29 is 4.79 Å². The summed E-state index contributed by atoms with van der Waals surface area (Å²) in [5.74, 6) is 0. The number of nitriles is 1. The molecule has 1 heterocycles. The lowest BCUT2D eigenvalue weighted by atomic mass is 10.0. The highest BCUT2D eigenvalue weighted by Crippen LogP contribution is 2.26. The van der Waals surface area contributed by atoms with Crippen LogP contribution in [0.1, 0.15) is 18.9 Å². The molecule has 0 radical (unpaired) electrons. The van der Waals surface area contributed by atoms with Crippen molar-refractivity contribution in [2.45, 2.75) is 19.4 Å². The Morgan fingerprint density at radius 2 is 1.85 bits per heavy atom. The van der Waals surface area contributed by atoms with Gasteiger partial charge in [-0.3, -0.25) is 9.80 Å². The molecular weight excluding hydrogens is 551 g/mol. The van der Waals surface area contributed by atoms with Gasteiger partial charge in [-0.2, -0.15) is 5.26 Å².